The van der Waals surface area contributed by atoms with Gasteiger partial charge in [0.15, 0.2) is 0 Å². The molecule has 2 heteroatoms. The predicted octanol–water partition coefficient (Wildman–Crippen LogP) is 5.22. The van der Waals surface area contributed by atoms with Gasteiger partial charge in [0.2, 0.25) is 0 Å². The van der Waals surface area contributed by atoms with Gasteiger partial charge in [-0.05, 0) is 24.6 Å². The predicted molar refractivity (Wildman–Crippen MR) is 104 cm³/mol. The zero-order valence-electron chi connectivity index (χ0n) is 15.9. The second-order valence-electron chi connectivity index (χ2n) is 7.70. The lowest BCUT2D eigenvalue weighted by molar-refractivity contribution is -0.159. The molecular formula is C23H31NO. The molecule has 0 aromatic heterocycles. The third-order valence-electron chi connectivity index (χ3n) is 6.33. The summed E-state index contributed by atoms with van der Waals surface area (Å²) >= 11 is 0. The molecule has 2 aromatic rings. The van der Waals surface area contributed by atoms with E-state index >= 15 is 0 Å². The van der Waals surface area contributed by atoms with Crippen molar-refractivity contribution in [3.63, 3.8) is 0 Å². The lowest BCUT2D eigenvalue weighted by atomic mass is 9.63. The molecule has 134 valence electrons. The van der Waals surface area contributed by atoms with Crippen LogP contribution >= 0.6 is 0 Å². The number of aliphatic hydroxyl groups is 1. The topological polar surface area (TPSA) is 23.5 Å². The molecule has 0 unspecified atom stereocenters. The van der Waals surface area contributed by atoms with Gasteiger partial charge in [0.25, 0.3) is 0 Å². The van der Waals surface area contributed by atoms with Gasteiger partial charge in [-0.15, -0.1) is 0 Å². The van der Waals surface area contributed by atoms with E-state index in [1.807, 2.05) is 0 Å². The molecule has 25 heavy (non-hydrogen) atoms. The molecule has 0 saturated carbocycles. The Balaban J connectivity index is 2.10. The summed E-state index contributed by atoms with van der Waals surface area (Å²) in [6.07, 6.45) is 1.84. The van der Waals surface area contributed by atoms with E-state index in [2.05, 4.69) is 93.4 Å². The SMILES string of the molecule is CCCC1(O)[C@H](C)[C@H](c2ccccc2)N(C)[C@@H](c2ccccc2)[C@H]1C. The summed E-state index contributed by atoms with van der Waals surface area (Å²) < 4.78 is 0. The normalized spacial score (nSPS) is 33.3. The lowest BCUT2D eigenvalue weighted by Crippen LogP contribution is -2.57. The molecule has 0 aliphatic carbocycles. The van der Waals surface area contributed by atoms with Gasteiger partial charge in [0.05, 0.1) is 5.60 Å². The Kier molecular flexibility index (Phi) is 5.31. The Hall–Kier alpha value is -1.64. The highest BCUT2D eigenvalue weighted by Gasteiger charge is 2.53. The van der Waals surface area contributed by atoms with E-state index in [4.69, 9.17) is 0 Å². The average Bonchev–Trinajstić information content (AvgIpc) is 2.63. The third kappa shape index (κ3) is 3.14. The molecule has 2 aromatic carbocycles. The van der Waals surface area contributed by atoms with Crippen LogP contribution in [0.3, 0.4) is 0 Å². The van der Waals surface area contributed by atoms with Crippen LogP contribution in [-0.4, -0.2) is 22.7 Å². The molecule has 1 heterocycles. The Morgan fingerprint density at radius 3 is 1.60 bits per heavy atom. The summed E-state index contributed by atoms with van der Waals surface area (Å²) in [5, 5.41) is 11.8. The van der Waals surface area contributed by atoms with Gasteiger partial charge >= 0.3 is 0 Å². The zero-order valence-corrected chi connectivity index (χ0v) is 15.9. The number of nitrogens with zero attached hydrogens (tertiary/aromatic N) is 1. The van der Waals surface area contributed by atoms with E-state index in [-0.39, 0.29) is 23.9 Å². The fourth-order valence-corrected chi connectivity index (χ4v) is 5.04. The van der Waals surface area contributed by atoms with E-state index in [9.17, 15) is 5.11 Å². The number of hydrogen-bond donors (Lipinski definition) is 1. The summed E-state index contributed by atoms with van der Waals surface area (Å²) in [7, 11) is 2.22. The fraction of sp³-hybridized carbons (Fsp3) is 0.478. The summed E-state index contributed by atoms with van der Waals surface area (Å²) in [5.74, 6) is 0.352. The number of benzene rings is 2. The van der Waals surface area contributed by atoms with Crippen molar-refractivity contribution < 1.29 is 5.11 Å². The first-order chi connectivity index (χ1) is 12.0. The zero-order chi connectivity index (χ0) is 18.0. The molecule has 1 N–H and O–H groups in total. The quantitative estimate of drug-likeness (QED) is 0.827. The van der Waals surface area contributed by atoms with Crippen molar-refractivity contribution >= 4 is 0 Å². The van der Waals surface area contributed by atoms with Gasteiger partial charge in [-0.1, -0.05) is 87.9 Å². The first kappa shape index (κ1) is 18.2. The summed E-state index contributed by atoms with van der Waals surface area (Å²) in [6.45, 7) is 6.62. The molecule has 2 nitrogen and oxygen atoms in total. The van der Waals surface area contributed by atoms with Crippen LogP contribution in [0.15, 0.2) is 60.7 Å². The van der Waals surface area contributed by atoms with Crippen molar-refractivity contribution in [2.75, 3.05) is 7.05 Å². The molecule has 1 fully saturated rings. The molecule has 0 radical (unpaired) electrons. The fourth-order valence-electron chi connectivity index (χ4n) is 5.04. The minimum atomic E-state index is -0.664. The molecule has 0 bridgehead atoms. The van der Waals surface area contributed by atoms with E-state index < -0.39 is 5.60 Å². The van der Waals surface area contributed by atoms with Crippen molar-refractivity contribution in [1.82, 2.24) is 4.90 Å². The summed E-state index contributed by atoms with van der Waals surface area (Å²) in [5.41, 5.74) is 1.92. The van der Waals surface area contributed by atoms with Crippen LogP contribution < -0.4 is 0 Å². The molecular weight excluding hydrogens is 306 g/mol. The van der Waals surface area contributed by atoms with Crippen molar-refractivity contribution in [3.05, 3.63) is 71.8 Å². The van der Waals surface area contributed by atoms with E-state index in [1.165, 1.54) is 11.1 Å². The highest BCUT2D eigenvalue weighted by Crippen LogP contribution is 2.53. The average molecular weight is 338 g/mol. The van der Waals surface area contributed by atoms with Gasteiger partial charge in [0.1, 0.15) is 0 Å². The molecule has 4 atom stereocenters. The maximum Gasteiger partial charge on any atom is 0.0734 e. The van der Waals surface area contributed by atoms with Crippen LogP contribution in [0.4, 0.5) is 0 Å². The van der Waals surface area contributed by atoms with Crippen LogP contribution in [0.1, 0.15) is 56.8 Å². The van der Waals surface area contributed by atoms with Crippen LogP contribution in [0.2, 0.25) is 0 Å². The van der Waals surface area contributed by atoms with Gasteiger partial charge in [0, 0.05) is 23.9 Å². The molecule has 1 aliphatic heterocycles. The maximum absolute atomic E-state index is 11.8. The number of likely N-dealkylation sites (tertiary alicyclic amines) is 1. The highest BCUT2D eigenvalue weighted by atomic mass is 16.3. The number of rotatable bonds is 4. The first-order valence-electron chi connectivity index (χ1n) is 9.55. The second kappa shape index (κ2) is 7.31. The smallest absolute Gasteiger partial charge is 0.0734 e. The molecule has 0 spiro atoms. The number of piperidine rings is 1. The van der Waals surface area contributed by atoms with E-state index in [0.29, 0.717) is 0 Å². The number of hydrogen-bond acceptors (Lipinski definition) is 2. The van der Waals surface area contributed by atoms with Gasteiger partial charge in [-0.25, -0.2) is 0 Å². The summed E-state index contributed by atoms with van der Waals surface area (Å²) in [6, 6.07) is 21.7. The molecule has 0 amide bonds. The van der Waals surface area contributed by atoms with Crippen LogP contribution in [0.25, 0.3) is 0 Å². The second-order valence-corrected chi connectivity index (χ2v) is 7.70. The Morgan fingerprint density at radius 2 is 1.24 bits per heavy atom. The molecule has 3 rings (SSSR count). The minimum Gasteiger partial charge on any atom is -0.389 e. The standard InChI is InChI=1S/C23H31NO/c1-5-16-23(25)17(2)21(19-12-8-6-9-13-19)24(4)22(18(23)3)20-14-10-7-11-15-20/h6-15,17-18,21-22,25H,5,16H2,1-4H3/t17-,18-,21-,22-/m1/s1. The monoisotopic (exact) mass is 337 g/mol. The van der Waals surface area contributed by atoms with E-state index in [1.54, 1.807) is 0 Å². The Labute approximate surface area is 152 Å². The van der Waals surface area contributed by atoms with Gasteiger partial charge in [-0.2, -0.15) is 0 Å². The van der Waals surface area contributed by atoms with Gasteiger partial charge < -0.3 is 5.11 Å². The maximum atomic E-state index is 11.8. The lowest BCUT2D eigenvalue weighted by Gasteiger charge is -2.56. The van der Waals surface area contributed by atoms with Crippen molar-refractivity contribution in [3.8, 4) is 0 Å². The van der Waals surface area contributed by atoms with Crippen LogP contribution in [0.5, 0.6) is 0 Å². The third-order valence-corrected chi connectivity index (χ3v) is 6.33. The Morgan fingerprint density at radius 1 is 0.840 bits per heavy atom. The minimum absolute atomic E-state index is 0.176. The van der Waals surface area contributed by atoms with Crippen molar-refractivity contribution in [2.45, 2.75) is 51.3 Å². The summed E-state index contributed by atoms with van der Waals surface area (Å²) in [4.78, 5) is 2.48. The van der Waals surface area contributed by atoms with Crippen LogP contribution in [0, 0.1) is 11.8 Å². The van der Waals surface area contributed by atoms with Crippen LogP contribution in [-0.2, 0) is 0 Å². The largest absolute Gasteiger partial charge is 0.389 e. The Bertz CT molecular complexity index is 616. The first-order valence-corrected chi connectivity index (χ1v) is 9.55. The molecule has 1 saturated heterocycles. The van der Waals surface area contributed by atoms with Crippen molar-refractivity contribution in [1.29, 1.82) is 0 Å². The molecule has 1 aliphatic rings. The van der Waals surface area contributed by atoms with Gasteiger partial charge in [-0.3, -0.25) is 4.90 Å². The van der Waals surface area contributed by atoms with E-state index in [0.717, 1.165) is 12.8 Å². The van der Waals surface area contributed by atoms with Crippen molar-refractivity contribution in [2.24, 2.45) is 11.8 Å². The highest BCUT2D eigenvalue weighted by molar-refractivity contribution is 5.28.